The summed E-state index contributed by atoms with van der Waals surface area (Å²) in [6.45, 7) is 12.0. The molecule has 0 aromatic heterocycles. The predicted molar refractivity (Wildman–Crippen MR) is 163 cm³/mol. The Labute approximate surface area is 240 Å². The molecular formula is C34H43NO4Si. The molecule has 0 unspecified atom stereocenters. The van der Waals surface area contributed by atoms with E-state index in [-0.39, 0.29) is 35.4 Å². The van der Waals surface area contributed by atoms with E-state index in [4.69, 9.17) is 9.16 Å². The minimum Gasteiger partial charge on any atom is -0.447 e. The largest absolute Gasteiger partial charge is 0.447 e. The van der Waals surface area contributed by atoms with E-state index in [0.717, 1.165) is 12.0 Å². The zero-order chi connectivity index (χ0) is 28.8. The van der Waals surface area contributed by atoms with Gasteiger partial charge in [-0.1, -0.05) is 126 Å². The van der Waals surface area contributed by atoms with Gasteiger partial charge in [-0.2, -0.15) is 0 Å². The monoisotopic (exact) mass is 557 g/mol. The van der Waals surface area contributed by atoms with Crippen LogP contribution in [-0.2, 0) is 20.4 Å². The van der Waals surface area contributed by atoms with Gasteiger partial charge in [0, 0.05) is 13.0 Å². The Morgan fingerprint density at radius 2 is 1.43 bits per heavy atom. The third-order valence-electron chi connectivity index (χ3n) is 7.87. The van der Waals surface area contributed by atoms with Gasteiger partial charge in [-0.25, -0.2) is 9.69 Å². The average molecular weight is 558 g/mol. The summed E-state index contributed by atoms with van der Waals surface area (Å²) in [7, 11) is -2.61. The third kappa shape index (κ3) is 6.73. The number of benzene rings is 3. The topological polar surface area (TPSA) is 55.8 Å². The third-order valence-corrected chi connectivity index (χ3v) is 12.9. The SMILES string of the molecule is C[C@@H](CO[Si](c1ccccc1)(c1ccccc1)C(C)(C)C)C[C@@H](C)CC(=O)N1C(=O)OC[C@H]1Cc1ccccc1. The molecule has 3 atom stereocenters. The lowest BCUT2D eigenvalue weighted by Gasteiger charge is -2.43. The van der Waals surface area contributed by atoms with Crippen molar-refractivity contribution in [3.63, 3.8) is 0 Å². The zero-order valence-corrected chi connectivity index (χ0v) is 25.5. The lowest BCUT2D eigenvalue weighted by Crippen LogP contribution is -2.66. The van der Waals surface area contributed by atoms with Crippen molar-refractivity contribution in [2.24, 2.45) is 11.8 Å². The molecule has 212 valence electrons. The molecule has 1 heterocycles. The van der Waals surface area contributed by atoms with Gasteiger partial charge in [0.05, 0.1) is 6.04 Å². The lowest BCUT2D eigenvalue weighted by molar-refractivity contribution is -0.130. The molecule has 1 fully saturated rings. The second kappa shape index (κ2) is 13.0. The summed E-state index contributed by atoms with van der Waals surface area (Å²) < 4.78 is 12.4. The average Bonchev–Trinajstić information content (AvgIpc) is 3.29. The van der Waals surface area contributed by atoms with Gasteiger partial charge in [-0.05, 0) is 45.7 Å². The number of carbonyl (C=O) groups excluding carboxylic acids is 2. The quantitative estimate of drug-likeness (QED) is 0.263. The number of hydrogen-bond acceptors (Lipinski definition) is 4. The Hall–Kier alpha value is -3.22. The maximum Gasteiger partial charge on any atom is 0.416 e. The molecule has 5 nitrogen and oxygen atoms in total. The van der Waals surface area contributed by atoms with E-state index in [2.05, 4.69) is 95.3 Å². The Morgan fingerprint density at radius 1 is 0.900 bits per heavy atom. The van der Waals surface area contributed by atoms with Crippen LogP contribution in [-0.4, -0.2) is 44.5 Å². The molecule has 0 aliphatic carbocycles. The van der Waals surface area contributed by atoms with Gasteiger partial charge in [-0.15, -0.1) is 0 Å². The van der Waals surface area contributed by atoms with Gasteiger partial charge in [0.25, 0.3) is 8.32 Å². The van der Waals surface area contributed by atoms with Crippen LogP contribution in [0.2, 0.25) is 5.04 Å². The van der Waals surface area contributed by atoms with Gasteiger partial charge in [-0.3, -0.25) is 4.79 Å². The number of ether oxygens (including phenoxy) is 1. The van der Waals surface area contributed by atoms with Crippen molar-refractivity contribution in [3.8, 4) is 0 Å². The molecule has 40 heavy (non-hydrogen) atoms. The summed E-state index contributed by atoms with van der Waals surface area (Å²) in [4.78, 5) is 27.1. The smallest absolute Gasteiger partial charge is 0.416 e. The van der Waals surface area contributed by atoms with E-state index >= 15 is 0 Å². The zero-order valence-electron chi connectivity index (χ0n) is 24.5. The molecule has 0 radical (unpaired) electrons. The molecule has 1 aliphatic heterocycles. The van der Waals surface area contributed by atoms with Gasteiger partial charge in [0.15, 0.2) is 0 Å². The highest BCUT2D eigenvalue weighted by Gasteiger charge is 2.50. The van der Waals surface area contributed by atoms with Crippen molar-refractivity contribution in [2.45, 2.75) is 65.0 Å². The minimum atomic E-state index is -2.61. The van der Waals surface area contributed by atoms with Crippen LogP contribution in [0.3, 0.4) is 0 Å². The summed E-state index contributed by atoms with van der Waals surface area (Å²) in [5, 5.41) is 2.45. The molecule has 0 saturated carbocycles. The summed E-state index contributed by atoms with van der Waals surface area (Å²) in [6.07, 6.45) is 1.22. The molecule has 2 amide bonds. The van der Waals surface area contributed by atoms with Crippen LogP contribution in [0, 0.1) is 11.8 Å². The molecule has 0 bridgehead atoms. The fourth-order valence-electron chi connectivity index (χ4n) is 6.07. The van der Waals surface area contributed by atoms with E-state index in [0.29, 0.717) is 19.4 Å². The van der Waals surface area contributed by atoms with Gasteiger partial charge < -0.3 is 9.16 Å². The van der Waals surface area contributed by atoms with E-state index in [1.54, 1.807) is 0 Å². The van der Waals surface area contributed by atoms with Gasteiger partial charge >= 0.3 is 6.09 Å². The minimum absolute atomic E-state index is 0.0825. The molecule has 3 aromatic rings. The molecule has 4 rings (SSSR count). The highest BCUT2D eigenvalue weighted by Crippen LogP contribution is 2.37. The van der Waals surface area contributed by atoms with Crippen molar-refractivity contribution in [1.82, 2.24) is 4.90 Å². The summed E-state index contributed by atoms with van der Waals surface area (Å²) in [5.74, 6) is 0.196. The molecule has 0 N–H and O–H groups in total. The van der Waals surface area contributed by atoms with Crippen molar-refractivity contribution < 1.29 is 18.8 Å². The van der Waals surface area contributed by atoms with Crippen LogP contribution >= 0.6 is 0 Å². The first kappa shape index (κ1) is 29.8. The fourth-order valence-corrected chi connectivity index (χ4v) is 10.8. The van der Waals surface area contributed by atoms with Crippen LogP contribution in [0.25, 0.3) is 0 Å². The fraction of sp³-hybridized carbons (Fsp3) is 0.412. The Balaban J connectivity index is 1.42. The number of hydrogen-bond donors (Lipinski definition) is 0. The highest BCUT2D eigenvalue weighted by atomic mass is 28.4. The second-order valence-corrected chi connectivity index (χ2v) is 16.6. The standard InChI is InChI=1S/C34H43NO4Si/c1-26(22-32(36)35-29(25-38-33(35)37)23-28-15-9-6-10-16-28)21-27(2)24-39-40(34(3,4)5,30-17-11-7-12-18-30)31-19-13-8-14-20-31/h6-20,26-27,29H,21-25H2,1-5H3/t26-,27-,29-/m1/s1. The van der Waals surface area contributed by atoms with E-state index in [9.17, 15) is 9.59 Å². The van der Waals surface area contributed by atoms with Crippen molar-refractivity contribution in [3.05, 3.63) is 96.6 Å². The van der Waals surface area contributed by atoms with E-state index in [1.165, 1.54) is 15.3 Å². The van der Waals surface area contributed by atoms with Crippen LogP contribution in [0.15, 0.2) is 91.0 Å². The Kier molecular flexibility index (Phi) is 9.64. The highest BCUT2D eigenvalue weighted by molar-refractivity contribution is 6.99. The first-order valence-electron chi connectivity index (χ1n) is 14.4. The number of carbonyl (C=O) groups is 2. The molecule has 0 spiro atoms. The molecule has 1 aliphatic rings. The van der Waals surface area contributed by atoms with Crippen molar-refractivity contribution >= 4 is 30.7 Å². The van der Waals surface area contributed by atoms with Crippen LogP contribution < -0.4 is 10.4 Å². The van der Waals surface area contributed by atoms with Crippen molar-refractivity contribution in [1.29, 1.82) is 0 Å². The van der Waals surface area contributed by atoms with Crippen LogP contribution in [0.4, 0.5) is 4.79 Å². The molecular weight excluding hydrogens is 514 g/mol. The number of cyclic esters (lactones) is 1. The number of amides is 2. The summed E-state index contributed by atoms with van der Waals surface area (Å²) in [5.41, 5.74) is 1.09. The first-order valence-corrected chi connectivity index (χ1v) is 16.3. The van der Waals surface area contributed by atoms with E-state index < -0.39 is 14.4 Å². The predicted octanol–water partition coefficient (Wildman–Crippen LogP) is 6.21. The maximum absolute atomic E-state index is 13.3. The number of rotatable bonds is 11. The maximum atomic E-state index is 13.3. The Morgan fingerprint density at radius 3 is 1.95 bits per heavy atom. The molecule has 1 saturated heterocycles. The van der Waals surface area contributed by atoms with Gasteiger partial charge in [0.2, 0.25) is 5.91 Å². The summed E-state index contributed by atoms with van der Waals surface area (Å²) >= 11 is 0. The number of nitrogens with zero attached hydrogens (tertiary/aromatic N) is 1. The van der Waals surface area contributed by atoms with Gasteiger partial charge in [0.1, 0.15) is 6.61 Å². The second-order valence-electron chi connectivity index (χ2n) is 12.3. The first-order chi connectivity index (χ1) is 19.1. The van der Waals surface area contributed by atoms with Crippen LogP contribution in [0.1, 0.15) is 53.0 Å². The summed E-state index contributed by atoms with van der Waals surface area (Å²) in [6, 6.07) is 31.0. The lowest BCUT2D eigenvalue weighted by atomic mass is 9.94. The number of imide groups is 1. The molecule has 3 aromatic carbocycles. The van der Waals surface area contributed by atoms with Crippen LogP contribution in [0.5, 0.6) is 0 Å². The Bertz CT molecular complexity index is 1200. The van der Waals surface area contributed by atoms with E-state index in [1.807, 2.05) is 30.3 Å². The van der Waals surface area contributed by atoms with Crippen molar-refractivity contribution in [2.75, 3.05) is 13.2 Å². The normalized spacial score (nSPS) is 17.4. The molecule has 6 heteroatoms.